The zero-order valence-corrected chi connectivity index (χ0v) is 12.6. The van der Waals surface area contributed by atoms with Gasteiger partial charge in [0, 0.05) is 0 Å². The fourth-order valence-corrected chi connectivity index (χ4v) is 2.55. The van der Waals surface area contributed by atoms with Crippen LogP contribution in [0.4, 0.5) is 0 Å². The molecule has 0 aliphatic carbocycles. The predicted molar refractivity (Wildman–Crippen MR) is 75.8 cm³/mol. The molecule has 0 radical (unpaired) electrons. The van der Waals surface area contributed by atoms with Gasteiger partial charge < -0.3 is 0 Å². The van der Waals surface area contributed by atoms with Crippen molar-refractivity contribution in [3.05, 3.63) is 0 Å². The molecule has 0 bridgehead atoms. The van der Waals surface area contributed by atoms with E-state index in [1.165, 1.54) is 44.9 Å². The Labute approximate surface area is 104 Å². The maximum absolute atomic E-state index is 2.42. The molecule has 1 unspecified atom stereocenters. The number of unbranched alkanes of at least 4 members (excludes halogenated alkanes) is 3. The van der Waals surface area contributed by atoms with E-state index in [1.807, 2.05) is 0 Å². The molecular formula is C16H34. The molecular weight excluding hydrogens is 192 g/mol. The second-order valence-electron chi connectivity index (χ2n) is 7.26. The van der Waals surface area contributed by atoms with Gasteiger partial charge in [0.25, 0.3) is 0 Å². The Morgan fingerprint density at radius 1 is 0.750 bits per heavy atom. The molecule has 0 aliphatic rings. The highest BCUT2D eigenvalue weighted by Crippen LogP contribution is 2.27. The van der Waals surface area contributed by atoms with Crippen molar-refractivity contribution in [1.82, 2.24) is 0 Å². The van der Waals surface area contributed by atoms with Crippen molar-refractivity contribution < 1.29 is 0 Å². The monoisotopic (exact) mass is 226 g/mol. The van der Waals surface area contributed by atoms with Crippen molar-refractivity contribution >= 4 is 0 Å². The van der Waals surface area contributed by atoms with Crippen molar-refractivity contribution in [3.63, 3.8) is 0 Å². The molecule has 98 valence electrons. The first kappa shape index (κ1) is 16.0. The molecule has 0 aromatic carbocycles. The first-order chi connectivity index (χ1) is 7.31. The average molecular weight is 226 g/mol. The van der Waals surface area contributed by atoms with E-state index in [1.54, 1.807) is 0 Å². The molecule has 0 N–H and O–H groups in total. The maximum atomic E-state index is 2.42. The van der Waals surface area contributed by atoms with E-state index in [2.05, 4.69) is 41.5 Å². The molecule has 0 heteroatoms. The molecule has 0 nitrogen and oxygen atoms in total. The highest BCUT2D eigenvalue weighted by atomic mass is 14.2. The average Bonchev–Trinajstić information content (AvgIpc) is 2.07. The maximum Gasteiger partial charge on any atom is -0.0380 e. The quantitative estimate of drug-likeness (QED) is 0.442. The molecule has 0 rings (SSSR count). The van der Waals surface area contributed by atoms with Gasteiger partial charge in [0.05, 0.1) is 0 Å². The highest BCUT2D eigenvalue weighted by Gasteiger charge is 2.14. The lowest BCUT2D eigenvalue weighted by atomic mass is 9.83. The molecule has 0 aromatic rings. The van der Waals surface area contributed by atoms with Gasteiger partial charge in [0.2, 0.25) is 0 Å². The van der Waals surface area contributed by atoms with Crippen molar-refractivity contribution in [2.75, 3.05) is 0 Å². The molecule has 0 aliphatic heterocycles. The Hall–Kier alpha value is 0. The zero-order valence-electron chi connectivity index (χ0n) is 12.6. The van der Waals surface area contributed by atoms with E-state index in [0.29, 0.717) is 5.41 Å². The van der Waals surface area contributed by atoms with E-state index in [9.17, 15) is 0 Å². The standard InChI is InChI=1S/C16H34/c1-14(2)11-9-7-8-10-12-15(3)13-16(4,5)6/h14-15H,7-13H2,1-6H3. The third-order valence-corrected chi connectivity index (χ3v) is 3.19. The third kappa shape index (κ3) is 12.1. The van der Waals surface area contributed by atoms with Crippen LogP contribution in [0.3, 0.4) is 0 Å². The summed E-state index contributed by atoms with van der Waals surface area (Å²) >= 11 is 0. The molecule has 1 atom stereocenters. The topological polar surface area (TPSA) is 0 Å². The lowest BCUT2D eigenvalue weighted by Crippen LogP contribution is -2.10. The van der Waals surface area contributed by atoms with E-state index >= 15 is 0 Å². The number of hydrogen-bond donors (Lipinski definition) is 0. The van der Waals surface area contributed by atoms with Crippen LogP contribution in [0.25, 0.3) is 0 Å². The summed E-state index contributed by atoms with van der Waals surface area (Å²) in [6, 6.07) is 0. The van der Waals surface area contributed by atoms with Crippen molar-refractivity contribution in [2.24, 2.45) is 17.3 Å². The summed E-state index contributed by atoms with van der Waals surface area (Å²) in [6.45, 7) is 14.1. The molecule has 0 amide bonds. The Morgan fingerprint density at radius 3 is 1.69 bits per heavy atom. The summed E-state index contributed by atoms with van der Waals surface area (Å²) in [5.41, 5.74) is 0.511. The van der Waals surface area contributed by atoms with Crippen LogP contribution in [-0.4, -0.2) is 0 Å². The summed E-state index contributed by atoms with van der Waals surface area (Å²) in [5, 5.41) is 0. The van der Waals surface area contributed by atoms with Crippen molar-refractivity contribution in [1.29, 1.82) is 0 Å². The Kier molecular flexibility index (Phi) is 8.14. The zero-order chi connectivity index (χ0) is 12.6. The van der Waals surface area contributed by atoms with Gasteiger partial charge >= 0.3 is 0 Å². The normalized spacial score (nSPS) is 14.4. The largest absolute Gasteiger partial charge is 0.0628 e. The second-order valence-corrected chi connectivity index (χ2v) is 7.26. The van der Waals surface area contributed by atoms with Crippen LogP contribution in [0.15, 0.2) is 0 Å². The molecule has 0 heterocycles. The molecule has 0 spiro atoms. The van der Waals surface area contributed by atoms with E-state index in [0.717, 1.165) is 11.8 Å². The second kappa shape index (κ2) is 8.14. The lowest BCUT2D eigenvalue weighted by Gasteiger charge is -2.23. The summed E-state index contributed by atoms with van der Waals surface area (Å²) < 4.78 is 0. The van der Waals surface area contributed by atoms with Gasteiger partial charge in [-0.05, 0) is 23.7 Å². The first-order valence-electron chi connectivity index (χ1n) is 7.31. The van der Waals surface area contributed by atoms with E-state index in [4.69, 9.17) is 0 Å². The SMILES string of the molecule is CC(C)CCCCCCC(C)CC(C)(C)C. The first-order valence-corrected chi connectivity index (χ1v) is 7.31. The third-order valence-electron chi connectivity index (χ3n) is 3.19. The predicted octanol–water partition coefficient (Wildman–Crippen LogP) is 6.06. The van der Waals surface area contributed by atoms with Gasteiger partial charge in [0.15, 0.2) is 0 Å². The Morgan fingerprint density at radius 2 is 1.25 bits per heavy atom. The van der Waals surface area contributed by atoms with Gasteiger partial charge in [-0.3, -0.25) is 0 Å². The Balaban J connectivity index is 3.31. The van der Waals surface area contributed by atoms with Gasteiger partial charge in [0.1, 0.15) is 0 Å². The van der Waals surface area contributed by atoms with Crippen LogP contribution in [0, 0.1) is 17.3 Å². The van der Waals surface area contributed by atoms with Crippen LogP contribution >= 0.6 is 0 Å². The van der Waals surface area contributed by atoms with Crippen LogP contribution in [0.2, 0.25) is 0 Å². The fraction of sp³-hybridized carbons (Fsp3) is 1.00. The summed E-state index contributed by atoms with van der Waals surface area (Å²) in [6.07, 6.45) is 9.98. The van der Waals surface area contributed by atoms with Crippen molar-refractivity contribution in [3.8, 4) is 0 Å². The van der Waals surface area contributed by atoms with Crippen LogP contribution in [0.5, 0.6) is 0 Å². The van der Waals surface area contributed by atoms with Crippen LogP contribution in [0.1, 0.15) is 86.5 Å². The van der Waals surface area contributed by atoms with Gasteiger partial charge in [-0.1, -0.05) is 80.1 Å². The summed E-state index contributed by atoms with van der Waals surface area (Å²) in [7, 11) is 0. The highest BCUT2D eigenvalue weighted by molar-refractivity contribution is 4.66. The van der Waals surface area contributed by atoms with Gasteiger partial charge in [-0.2, -0.15) is 0 Å². The summed E-state index contributed by atoms with van der Waals surface area (Å²) in [4.78, 5) is 0. The van der Waals surface area contributed by atoms with E-state index < -0.39 is 0 Å². The van der Waals surface area contributed by atoms with Crippen LogP contribution in [-0.2, 0) is 0 Å². The molecule has 16 heavy (non-hydrogen) atoms. The molecule has 0 saturated carbocycles. The molecule has 0 saturated heterocycles. The van der Waals surface area contributed by atoms with Gasteiger partial charge in [-0.25, -0.2) is 0 Å². The summed E-state index contributed by atoms with van der Waals surface area (Å²) in [5.74, 6) is 1.80. The molecule has 0 aromatic heterocycles. The minimum absolute atomic E-state index is 0.511. The van der Waals surface area contributed by atoms with E-state index in [-0.39, 0.29) is 0 Å². The Bertz CT molecular complexity index is 150. The fourth-order valence-electron chi connectivity index (χ4n) is 2.55. The van der Waals surface area contributed by atoms with Gasteiger partial charge in [-0.15, -0.1) is 0 Å². The number of hydrogen-bond acceptors (Lipinski definition) is 0. The lowest BCUT2D eigenvalue weighted by molar-refractivity contribution is 0.291. The smallest absolute Gasteiger partial charge is 0.0380 e. The minimum Gasteiger partial charge on any atom is -0.0628 e. The number of rotatable bonds is 8. The van der Waals surface area contributed by atoms with Crippen LogP contribution < -0.4 is 0 Å². The molecule has 0 fully saturated rings. The minimum atomic E-state index is 0.511. The van der Waals surface area contributed by atoms with Crippen molar-refractivity contribution in [2.45, 2.75) is 86.5 Å².